The molecular weight excluding hydrogens is 729 g/mol. The number of carbonyl (C=O) groups excluding carboxylic acids is 1. The van der Waals surface area contributed by atoms with Gasteiger partial charge in [-0.1, -0.05) is 54.0 Å². The van der Waals surface area contributed by atoms with Crippen LogP contribution in [0.3, 0.4) is 0 Å². The summed E-state index contributed by atoms with van der Waals surface area (Å²) in [5.74, 6) is 0.200. The third-order valence-corrected chi connectivity index (χ3v) is 38.9. The molecule has 0 aliphatic rings. The fourth-order valence-electron chi connectivity index (χ4n) is 6.62. The Labute approximate surface area is 299 Å². The first-order valence-electron chi connectivity index (χ1n) is 17.5. The summed E-state index contributed by atoms with van der Waals surface area (Å²) in [5, 5.41) is 0. The quantitative estimate of drug-likeness (QED) is 0.0740. The van der Waals surface area contributed by atoms with Gasteiger partial charge in [0.25, 0.3) is 0 Å². The molecule has 0 aliphatic carbocycles. The smallest absolute Gasteiger partial charge is 0.393 e. The van der Waals surface area contributed by atoms with Gasteiger partial charge in [-0.25, -0.2) is 4.79 Å². The van der Waals surface area contributed by atoms with E-state index in [1.165, 1.54) is 12.8 Å². The van der Waals surface area contributed by atoms with E-state index in [1.54, 1.807) is 6.92 Å². The Bertz CT molecular complexity index is 1010. The number of carbonyl (C=O) groups is 1. The lowest BCUT2D eigenvalue weighted by Crippen LogP contribution is -2.62. The molecule has 0 rings (SSSR count). The fraction of sp³-hybridized carbons (Fsp3) is 0.900. The van der Waals surface area contributed by atoms with Crippen molar-refractivity contribution < 1.29 is 38.0 Å². The first-order valence-corrected chi connectivity index (χ1v) is 39.7. The zero-order valence-electron chi connectivity index (χ0n) is 34.1. The van der Waals surface area contributed by atoms with Gasteiger partial charge in [0.2, 0.25) is 0 Å². The van der Waals surface area contributed by atoms with Crippen LogP contribution in [0, 0.1) is 11.8 Å². The van der Waals surface area contributed by atoms with Crippen LogP contribution in [-0.2, 0) is 38.0 Å². The average molecular weight is 804 g/mol. The molecule has 0 aromatic rings. The molecule has 0 heterocycles. The van der Waals surface area contributed by atoms with Crippen molar-refractivity contribution in [1.29, 1.82) is 0 Å². The Morgan fingerprint density at radius 1 is 0.553 bits per heavy atom. The summed E-state index contributed by atoms with van der Waals surface area (Å²) >= 11 is 0. The van der Waals surface area contributed by atoms with Crippen molar-refractivity contribution in [2.75, 3.05) is 0 Å². The highest BCUT2D eigenvalue weighted by molar-refractivity contribution is 6.92. The van der Waals surface area contributed by atoms with Gasteiger partial charge in [-0.2, -0.15) is 0 Å². The molecule has 0 saturated heterocycles. The summed E-state index contributed by atoms with van der Waals surface area (Å²) in [4.78, 5) is 12.9. The predicted molar refractivity (Wildman–Crippen MR) is 216 cm³/mol. The molecule has 47 heavy (non-hydrogen) atoms. The Balaban J connectivity index is 5.84. The van der Waals surface area contributed by atoms with E-state index in [9.17, 15) is 4.79 Å². The summed E-state index contributed by atoms with van der Waals surface area (Å²) in [6.45, 7) is 45.7. The minimum atomic E-state index is -3.00. The van der Waals surface area contributed by atoms with Crippen LogP contribution in [0.5, 0.6) is 0 Å². The second kappa shape index (κ2) is 17.9. The summed E-state index contributed by atoms with van der Waals surface area (Å²) in [5.41, 5.74) is 0.378. The summed E-state index contributed by atoms with van der Waals surface area (Å²) < 4.78 is 53.9. The van der Waals surface area contributed by atoms with E-state index in [0.29, 0.717) is 29.5 Å². The number of hydrogen-bond donors (Lipinski definition) is 0. The van der Waals surface area contributed by atoms with Crippen LogP contribution in [-0.4, -0.2) is 74.2 Å². The molecule has 17 heteroatoms. The summed E-state index contributed by atoms with van der Waals surface area (Å²) in [6.07, 6.45) is 2.36. The second-order valence-corrected chi connectivity index (χ2v) is 46.6. The molecule has 0 aromatic heterocycles. The monoisotopic (exact) mass is 802 g/mol. The van der Waals surface area contributed by atoms with E-state index in [2.05, 4.69) is 107 Å². The van der Waals surface area contributed by atoms with Crippen molar-refractivity contribution in [2.45, 2.75) is 164 Å². The van der Waals surface area contributed by atoms with Gasteiger partial charge in [0, 0.05) is 17.7 Å². The van der Waals surface area contributed by atoms with Crippen LogP contribution in [0.2, 0.25) is 110 Å². The van der Waals surface area contributed by atoms with Crippen molar-refractivity contribution in [3.05, 3.63) is 12.2 Å². The molecule has 0 spiro atoms. The SMILES string of the molecule is C=C(C)C(=O)O[Si](CC(C)C)(CC(C)C)O[Si](C)(C)O[Si](C)(C)O[Si](C)(C)O[Si](C)(C)O[Si](C)(C)O[Si](C)(C)O[Si](C)(C)CCCC. The lowest BCUT2D eigenvalue weighted by Gasteiger charge is -2.44. The van der Waals surface area contributed by atoms with Crippen molar-refractivity contribution in [3.63, 3.8) is 0 Å². The molecule has 0 N–H and O–H groups in total. The molecule has 0 bridgehead atoms. The van der Waals surface area contributed by atoms with Crippen LogP contribution in [0.15, 0.2) is 12.2 Å². The number of hydrogen-bond acceptors (Lipinski definition) is 9. The summed E-state index contributed by atoms with van der Waals surface area (Å²) in [6, 6.07) is 2.52. The van der Waals surface area contributed by atoms with E-state index in [4.69, 9.17) is 33.2 Å². The summed E-state index contributed by atoms with van der Waals surface area (Å²) in [7, 11) is -20.9. The Morgan fingerprint density at radius 2 is 0.851 bits per heavy atom. The lowest BCUT2D eigenvalue weighted by atomic mass is 10.3. The van der Waals surface area contributed by atoms with Crippen molar-refractivity contribution in [2.24, 2.45) is 11.8 Å². The molecule has 0 fully saturated rings. The Hall–Kier alpha value is 0.665. The first-order chi connectivity index (χ1) is 20.7. The van der Waals surface area contributed by atoms with Gasteiger partial charge in [0.05, 0.1) is 0 Å². The van der Waals surface area contributed by atoms with Crippen molar-refractivity contribution in [3.8, 4) is 0 Å². The normalized spacial score (nSPS) is 14.7. The Kier molecular flexibility index (Phi) is 18.2. The highest BCUT2D eigenvalue weighted by atomic mass is 28.5. The molecule has 0 aliphatic heterocycles. The van der Waals surface area contributed by atoms with E-state index in [1.807, 2.05) is 26.2 Å². The highest BCUT2D eigenvalue weighted by Gasteiger charge is 2.52. The molecule has 9 nitrogen and oxygen atoms in total. The maximum absolute atomic E-state index is 12.9. The fourth-order valence-corrected chi connectivity index (χ4v) is 48.2. The van der Waals surface area contributed by atoms with Gasteiger partial charge < -0.3 is 33.2 Å². The van der Waals surface area contributed by atoms with Gasteiger partial charge in [-0.05, 0) is 116 Å². The molecule has 0 unspecified atom stereocenters. The van der Waals surface area contributed by atoms with Crippen LogP contribution in [0.1, 0.15) is 54.4 Å². The van der Waals surface area contributed by atoms with Gasteiger partial charge >= 0.3 is 65.9 Å². The topological polar surface area (TPSA) is 90.9 Å². The first kappa shape index (κ1) is 47.7. The minimum absolute atomic E-state index is 0.294. The van der Waals surface area contributed by atoms with Gasteiger partial charge in [-0.3, -0.25) is 0 Å². The lowest BCUT2D eigenvalue weighted by molar-refractivity contribution is -0.132. The standard InChI is InChI=1S/C30H74O9Si8/c1-22-23-24-40(8,9)33-41(10,11)34-42(12,13)35-43(14,15)36-44(16,17)37-45(18,19)38-46(20,21)39-47(25-27(2)3,26-28(4)5)32-30(31)29(6)7/h27-28H,6,22-26H2,1-5,7-21H3. The van der Waals surface area contributed by atoms with E-state index in [-0.39, 0.29) is 5.97 Å². The highest BCUT2D eigenvalue weighted by Crippen LogP contribution is 2.34. The van der Waals surface area contributed by atoms with Crippen LogP contribution in [0.4, 0.5) is 0 Å². The van der Waals surface area contributed by atoms with E-state index >= 15 is 0 Å². The third kappa shape index (κ3) is 20.9. The molecule has 0 amide bonds. The molecule has 0 radical (unpaired) electrons. The van der Waals surface area contributed by atoms with E-state index < -0.39 is 68.2 Å². The molecule has 0 saturated carbocycles. The van der Waals surface area contributed by atoms with Crippen LogP contribution in [0.25, 0.3) is 0 Å². The largest absolute Gasteiger partial charge is 0.491 e. The average Bonchev–Trinajstić information content (AvgIpc) is 2.70. The maximum Gasteiger partial charge on any atom is 0.393 e. The van der Waals surface area contributed by atoms with Crippen LogP contribution < -0.4 is 0 Å². The predicted octanol–water partition coefficient (Wildman–Crippen LogP) is 10.2. The van der Waals surface area contributed by atoms with Crippen molar-refractivity contribution in [1.82, 2.24) is 0 Å². The van der Waals surface area contributed by atoms with Crippen molar-refractivity contribution >= 4 is 74.2 Å². The zero-order chi connectivity index (χ0) is 37.5. The molecule has 0 atom stereocenters. The van der Waals surface area contributed by atoms with Gasteiger partial charge in [-0.15, -0.1) is 0 Å². The maximum atomic E-state index is 12.9. The molecule has 0 aromatic carbocycles. The number of unbranched alkanes of at least 4 members (excludes halogenated alkanes) is 1. The van der Waals surface area contributed by atoms with E-state index in [0.717, 1.165) is 6.04 Å². The number of rotatable bonds is 23. The zero-order valence-corrected chi connectivity index (χ0v) is 42.1. The van der Waals surface area contributed by atoms with Gasteiger partial charge in [0.1, 0.15) is 0 Å². The molecule has 280 valence electrons. The molecular formula is C30H74O9Si8. The van der Waals surface area contributed by atoms with Crippen LogP contribution >= 0.6 is 0 Å². The Morgan fingerprint density at radius 3 is 1.13 bits per heavy atom. The second-order valence-electron chi connectivity index (χ2n) is 17.3. The minimum Gasteiger partial charge on any atom is -0.491 e. The van der Waals surface area contributed by atoms with Gasteiger partial charge in [0.15, 0.2) is 8.32 Å². The third-order valence-electron chi connectivity index (χ3n) is 6.61.